The summed E-state index contributed by atoms with van der Waals surface area (Å²) in [6.45, 7) is 1.97. The molecule has 106 valence electrons. The van der Waals surface area contributed by atoms with Crippen molar-refractivity contribution in [3.63, 3.8) is 0 Å². The maximum atomic E-state index is 13.3. The molecule has 0 spiro atoms. The monoisotopic (exact) mass is 283 g/mol. The Balaban J connectivity index is 2.05. The molecule has 0 fully saturated rings. The number of halogens is 1. The Bertz CT molecular complexity index is 687. The van der Waals surface area contributed by atoms with Gasteiger partial charge >= 0.3 is 0 Å². The maximum absolute atomic E-state index is 13.3. The minimum atomic E-state index is -0.462. The fourth-order valence-electron chi connectivity index (χ4n) is 1.91. The second kappa shape index (κ2) is 6.67. The van der Waals surface area contributed by atoms with Crippen LogP contribution in [0.25, 0.3) is 0 Å². The van der Waals surface area contributed by atoms with Crippen LogP contribution in [0.1, 0.15) is 34.8 Å². The second-order valence-corrected chi connectivity index (χ2v) is 4.55. The van der Waals surface area contributed by atoms with E-state index in [1.54, 1.807) is 30.3 Å². The van der Waals surface area contributed by atoms with Gasteiger partial charge in [-0.05, 0) is 48.0 Å². The largest absolute Gasteiger partial charge is 0.489 e. The molecule has 0 saturated heterocycles. The van der Waals surface area contributed by atoms with Gasteiger partial charge in [0.25, 0.3) is 0 Å². The molecule has 0 heterocycles. The molecule has 0 radical (unpaired) electrons. The van der Waals surface area contributed by atoms with E-state index >= 15 is 0 Å². The quantitative estimate of drug-likeness (QED) is 0.783. The van der Waals surface area contributed by atoms with Gasteiger partial charge in [0.1, 0.15) is 18.2 Å². The zero-order valence-electron chi connectivity index (χ0n) is 11.6. The minimum absolute atomic E-state index is 0.0744. The number of carbonyl (C=O) groups excluding carboxylic acids is 1. The normalized spacial score (nSPS) is 9.95. The number of rotatable bonds is 5. The summed E-state index contributed by atoms with van der Waals surface area (Å²) >= 11 is 0. The Kier molecular flexibility index (Phi) is 4.68. The van der Waals surface area contributed by atoms with Crippen molar-refractivity contribution in [2.45, 2.75) is 20.0 Å². The second-order valence-electron chi connectivity index (χ2n) is 4.55. The highest BCUT2D eigenvalue weighted by Gasteiger charge is 2.04. The number of benzene rings is 2. The molecule has 3 nitrogen and oxygen atoms in total. The maximum Gasteiger partial charge on any atom is 0.162 e. The zero-order valence-corrected chi connectivity index (χ0v) is 11.6. The van der Waals surface area contributed by atoms with Crippen molar-refractivity contribution >= 4 is 5.78 Å². The van der Waals surface area contributed by atoms with Gasteiger partial charge in [0, 0.05) is 12.0 Å². The number of nitriles is 1. The molecule has 0 aliphatic carbocycles. The fraction of sp³-hybridized carbons (Fsp3) is 0.176. The molecule has 0 atom stereocenters. The van der Waals surface area contributed by atoms with Crippen molar-refractivity contribution in [2.24, 2.45) is 0 Å². The first kappa shape index (κ1) is 14.7. The summed E-state index contributed by atoms with van der Waals surface area (Å²) in [5.41, 5.74) is 1.49. The highest BCUT2D eigenvalue weighted by atomic mass is 19.1. The van der Waals surface area contributed by atoms with Gasteiger partial charge < -0.3 is 4.74 Å². The lowest BCUT2D eigenvalue weighted by Gasteiger charge is -2.07. The Morgan fingerprint density at radius 2 is 1.95 bits per heavy atom. The summed E-state index contributed by atoms with van der Waals surface area (Å²) in [7, 11) is 0. The predicted molar refractivity (Wildman–Crippen MR) is 76.5 cm³/mol. The van der Waals surface area contributed by atoms with Crippen LogP contribution < -0.4 is 4.74 Å². The molecule has 2 aromatic rings. The summed E-state index contributed by atoms with van der Waals surface area (Å²) in [4.78, 5) is 11.5. The van der Waals surface area contributed by atoms with Crippen LogP contribution in [0.4, 0.5) is 4.39 Å². The van der Waals surface area contributed by atoms with E-state index in [2.05, 4.69) is 0 Å². The molecule has 0 aliphatic heterocycles. The molecule has 0 aromatic heterocycles. The number of ketones is 1. The molecule has 4 heteroatoms. The van der Waals surface area contributed by atoms with Crippen LogP contribution in [0.5, 0.6) is 5.75 Å². The van der Waals surface area contributed by atoms with Gasteiger partial charge in [-0.1, -0.05) is 6.92 Å². The predicted octanol–water partition coefficient (Wildman–Crippen LogP) is 3.87. The first-order valence-electron chi connectivity index (χ1n) is 6.58. The Morgan fingerprint density at radius 1 is 1.24 bits per heavy atom. The number of hydrogen-bond donors (Lipinski definition) is 0. The third-order valence-corrected chi connectivity index (χ3v) is 2.99. The van der Waals surface area contributed by atoms with Crippen molar-refractivity contribution in [3.8, 4) is 11.8 Å². The van der Waals surface area contributed by atoms with Gasteiger partial charge in [-0.3, -0.25) is 4.79 Å². The van der Waals surface area contributed by atoms with Gasteiger partial charge in [-0.2, -0.15) is 5.26 Å². The van der Waals surface area contributed by atoms with Gasteiger partial charge in [0.2, 0.25) is 0 Å². The first-order valence-corrected chi connectivity index (χ1v) is 6.58. The van der Waals surface area contributed by atoms with Crippen molar-refractivity contribution in [3.05, 3.63) is 65.0 Å². The standard InChI is InChI=1S/C17H14FNO2/c1-2-17(20)14-3-5-16(6-4-14)21-11-13-7-12(10-19)8-15(18)9-13/h3-9H,2,11H2,1H3. The van der Waals surface area contributed by atoms with E-state index in [1.165, 1.54) is 12.1 Å². The smallest absolute Gasteiger partial charge is 0.162 e. The van der Waals surface area contributed by atoms with Crippen LogP contribution in [0, 0.1) is 17.1 Å². The third-order valence-electron chi connectivity index (χ3n) is 2.99. The Morgan fingerprint density at radius 3 is 2.57 bits per heavy atom. The van der Waals surface area contributed by atoms with Gasteiger partial charge in [-0.25, -0.2) is 4.39 Å². The number of carbonyl (C=O) groups is 1. The lowest BCUT2D eigenvalue weighted by Crippen LogP contribution is -1.99. The summed E-state index contributed by atoms with van der Waals surface area (Å²) in [6, 6.07) is 12.8. The molecule has 2 rings (SSSR count). The van der Waals surface area contributed by atoms with E-state index in [0.29, 0.717) is 23.3 Å². The molecular weight excluding hydrogens is 269 g/mol. The Hall–Kier alpha value is -2.67. The zero-order chi connectivity index (χ0) is 15.2. The minimum Gasteiger partial charge on any atom is -0.489 e. The molecule has 0 amide bonds. The average molecular weight is 283 g/mol. The lowest BCUT2D eigenvalue weighted by molar-refractivity contribution is 0.0988. The summed E-state index contributed by atoms with van der Waals surface area (Å²) in [5, 5.41) is 8.79. The van der Waals surface area contributed by atoms with Crippen LogP contribution in [-0.2, 0) is 6.61 Å². The molecule has 21 heavy (non-hydrogen) atoms. The van der Waals surface area contributed by atoms with Gasteiger partial charge in [0.15, 0.2) is 5.78 Å². The van der Waals surface area contributed by atoms with Gasteiger partial charge in [-0.15, -0.1) is 0 Å². The van der Waals surface area contributed by atoms with Crippen molar-refractivity contribution in [2.75, 3.05) is 0 Å². The molecule has 0 N–H and O–H groups in total. The number of Topliss-reactive ketones (excluding diaryl/α,β-unsaturated/α-hetero) is 1. The van der Waals surface area contributed by atoms with Crippen molar-refractivity contribution in [1.29, 1.82) is 5.26 Å². The van der Waals surface area contributed by atoms with Crippen LogP contribution in [0.15, 0.2) is 42.5 Å². The number of nitrogens with zero attached hydrogens (tertiary/aromatic N) is 1. The van der Waals surface area contributed by atoms with E-state index in [4.69, 9.17) is 10.00 Å². The first-order chi connectivity index (χ1) is 10.1. The lowest BCUT2D eigenvalue weighted by atomic mass is 10.1. The highest BCUT2D eigenvalue weighted by Crippen LogP contribution is 2.16. The summed E-state index contributed by atoms with van der Waals surface area (Å²) in [6.07, 6.45) is 0.459. The van der Waals surface area contributed by atoms with E-state index in [9.17, 15) is 9.18 Å². The molecular formula is C17H14FNO2. The van der Waals surface area contributed by atoms with Crippen LogP contribution in [0.2, 0.25) is 0 Å². The summed E-state index contributed by atoms with van der Waals surface area (Å²) in [5.74, 6) is 0.201. The van der Waals surface area contributed by atoms with E-state index in [-0.39, 0.29) is 18.0 Å². The molecule has 0 saturated carbocycles. The van der Waals surface area contributed by atoms with Gasteiger partial charge in [0.05, 0.1) is 11.6 Å². The van der Waals surface area contributed by atoms with Crippen molar-refractivity contribution < 1.29 is 13.9 Å². The van der Waals surface area contributed by atoms with Crippen molar-refractivity contribution in [1.82, 2.24) is 0 Å². The Labute approximate surface area is 122 Å². The van der Waals surface area contributed by atoms with Crippen LogP contribution in [-0.4, -0.2) is 5.78 Å². The van der Waals surface area contributed by atoms with Crippen LogP contribution in [0.3, 0.4) is 0 Å². The SMILES string of the molecule is CCC(=O)c1ccc(OCc2cc(F)cc(C#N)c2)cc1. The molecule has 0 aliphatic rings. The number of hydrogen-bond acceptors (Lipinski definition) is 3. The molecule has 0 unspecified atom stereocenters. The average Bonchev–Trinajstić information content (AvgIpc) is 2.52. The van der Waals surface area contributed by atoms with E-state index in [0.717, 1.165) is 0 Å². The summed E-state index contributed by atoms with van der Waals surface area (Å²) < 4.78 is 18.8. The molecule has 2 aromatic carbocycles. The highest BCUT2D eigenvalue weighted by molar-refractivity contribution is 5.95. The van der Waals surface area contributed by atoms with Crippen LogP contribution >= 0.6 is 0 Å². The van der Waals surface area contributed by atoms with E-state index < -0.39 is 5.82 Å². The number of ether oxygens (including phenoxy) is 1. The molecule has 0 bridgehead atoms. The third kappa shape index (κ3) is 3.90. The van der Waals surface area contributed by atoms with E-state index in [1.807, 2.05) is 13.0 Å². The topological polar surface area (TPSA) is 50.1 Å². The fourth-order valence-corrected chi connectivity index (χ4v) is 1.91.